The van der Waals surface area contributed by atoms with Crippen LogP contribution in [0.15, 0.2) is 30.5 Å². The molecular formula is C10H10ClNO. The summed E-state index contributed by atoms with van der Waals surface area (Å²) in [6, 6.07) is 7.70. The van der Waals surface area contributed by atoms with Crippen LogP contribution in [0.5, 0.6) is 0 Å². The van der Waals surface area contributed by atoms with E-state index in [1.165, 1.54) is 0 Å². The molecule has 2 nitrogen and oxygen atoms in total. The van der Waals surface area contributed by atoms with Crippen molar-refractivity contribution in [1.29, 1.82) is 0 Å². The van der Waals surface area contributed by atoms with Crippen LogP contribution in [0.3, 0.4) is 0 Å². The molecule has 68 valence electrons. The van der Waals surface area contributed by atoms with Gasteiger partial charge >= 0.3 is 0 Å². The van der Waals surface area contributed by atoms with E-state index in [-0.39, 0.29) is 18.4 Å². The summed E-state index contributed by atoms with van der Waals surface area (Å²) in [6.07, 6.45) is 4.69. The Labute approximate surface area is 83.1 Å². The summed E-state index contributed by atoms with van der Waals surface area (Å²) in [4.78, 5) is 10.6. The molecule has 0 bridgehead atoms. The van der Waals surface area contributed by atoms with E-state index in [2.05, 4.69) is 5.32 Å². The Morgan fingerprint density at radius 1 is 1.31 bits per heavy atom. The standard InChI is InChI=1S/C10H9NO.ClH/c12-7-10-9-4-2-1-3-8(9)5-6-11-10;/h1-7,10-11H;1H. The van der Waals surface area contributed by atoms with Crippen molar-refractivity contribution in [3.05, 3.63) is 41.6 Å². The van der Waals surface area contributed by atoms with E-state index >= 15 is 0 Å². The summed E-state index contributed by atoms with van der Waals surface area (Å²) in [7, 11) is 0. The number of nitrogens with one attached hydrogen (secondary N) is 1. The van der Waals surface area contributed by atoms with Crippen molar-refractivity contribution in [3.8, 4) is 0 Å². The second-order valence-corrected chi connectivity index (χ2v) is 2.74. The van der Waals surface area contributed by atoms with Crippen molar-refractivity contribution in [3.63, 3.8) is 0 Å². The number of aldehydes is 1. The van der Waals surface area contributed by atoms with Crippen molar-refractivity contribution in [1.82, 2.24) is 5.32 Å². The van der Waals surface area contributed by atoms with E-state index in [0.717, 1.165) is 17.4 Å². The molecule has 1 aromatic carbocycles. The molecule has 1 N–H and O–H groups in total. The summed E-state index contributed by atoms with van der Waals surface area (Å²) in [5.74, 6) is 0. The summed E-state index contributed by atoms with van der Waals surface area (Å²) in [5, 5.41) is 2.98. The molecule has 3 heteroatoms. The molecule has 0 radical (unpaired) electrons. The number of rotatable bonds is 1. The number of benzene rings is 1. The van der Waals surface area contributed by atoms with Gasteiger partial charge in [0.1, 0.15) is 12.3 Å². The van der Waals surface area contributed by atoms with Gasteiger partial charge in [0, 0.05) is 0 Å². The van der Waals surface area contributed by atoms with E-state index in [9.17, 15) is 4.79 Å². The Hall–Kier alpha value is -1.28. The van der Waals surface area contributed by atoms with Gasteiger partial charge in [0.05, 0.1) is 0 Å². The molecule has 1 heterocycles. The fourth-order valence-electron chi connectivity index (χ4n) is 1.39. The number of fused-ring (bicyclic) bond motifs is 1. The minimum atomic E-state index is -0.175. The fourth-order valence-corrected chi connectivity index (χ4v) is 1.39. The SMILES string of the molecule is Cl.O=CC1NC=Cc2ccccc21. The van der Waals surface area contributed by atoms with E-state index in [1.54, 1.807) is 6.20 Å². The number of hydrogen-bond acceptors (Lipinski definition) is 2. The van der Waals surface area contributed by atoms with Gasteiger partial charge in [-0.15, -0.1) is 12.4 Å². The van der Waals surface area contributed by atoms with E-state index < -0.39 is 0 Å². The highest BCUT2D eigenvalue weighted by Gasteiger charge is 2.13. The number of hydrogen-bond donors (Lipinski definition) is 1. The average molecular weight is 196 g/mol. The summed E-state index contributed by atoms with van der Waals surface area (Å²) >= 11 is 0. The van der Waals surface area contributed by atoms with Gasteiger partial charge in [0.15, 0.2) is 0 Å². The topological polar surface area (TPSA) is 29.1 Å². The predicted molar refractivity (Wildman–Crippen MR) is 54.7 cm³/mol. The van der Waals surface area contributed by atoms with E-state index in [0.29, 0.717) is 0 Å². The van der Waals surface area contributed by atoms with Gasteiger partial charge in [-0.1, -0.05) is 24.3 Å². The number of halogens is 1. The average Bonchev–Trinajstić information content (AvgIpc) is 2.17. The normalized spacial score (nSPS) is 18.0. The zero-order valence-corrected chi connectivity index (χ0v) is 7.75. The van der Waals surface area contributed by atoms with Gasteiger partial charge in [-0.2, -0.15) is 0 Å². The monoisotopic (exact) mass is 195 g/mol. The van der Waals surface area contributed by atoms with E-state index in [4.69, 9.17) is 0 Å². The Kier molecular flexibility index (Phi) is 3.09. The molecule has 0 saturated carbocycles. The third-order valence-electron chi connectivity index (χ3n) is 2.01. The van der Waals surface area contributed by atoms with Crippen LogP contribution in [0, 0.1) is 0 Å². The highest BCUT2D eigenvalue weighted by atomic mass is 35.5. The molecule has 1 aromatic rings. The third kappa shape index (κ3) is 1.73. The Balaban J connectivity index is 0.000000845. The molecule has 0 spiro atoms. The Morgan fingerprint density at radius 3 is 2.85 bits per heavy atom. The second kappa shape index (κ2) is 4.10. The van der Waals surface area contributed by atoms with E-state index in [1.807, 2.05) is 30.3 Å². The van der Waals surface area contributed by atoms with Crippen LogP contribution in [0.2, 0.25) is 0 Å². The molecule has 0 saturated heterocycles. The molecule has 13 heavy (non-hydrogen) atoms. The molecule has 1 atom stereocenters. The minimum Gasteiger partial charge on any atom is -0.378 e. The molecule has 1 unspecified atom stereocenters. The number of carbonyl (C=O) groups excluding carboxylic acids is 1. The molecule has 1 aliphatic rings. The lowest BCUT2D eigenvalue weighted by molar-refractivity contribution is -0.109. The third-order valence-corrected chi connectivity index (χ3v) is 2.01. The summed E-state index contributed by atoms with van der Waals surface area (Å²) < 4.78 is 0. The smallest absolute Gasteiger partial charge is 0.146 e. The largest absolute Gasteiger partial charge is 0.378 e. The van der Waals surface area contributed by atoms with Gasteiger partial charge in [-0.05, 0) is 23.4 Å². The van der Waals surface area contributed by atoms with Gasteiger partial charge in [-0.3, -0.25) is 0 Å². The first-order valence-corrected chi connectivity index (χ1v) is 3.88. The molecule has 1 aliphatic heterocycles. The molecule has 0 aliphatic carbocycles. The van der Waals surface area contributed by atoms with Crippen molar-refractivity contribution in [2.75, 3.05) is 0 Å². The van der Waals surface area contributed by atoms with Crippen LogP contribution in [0.4, 0.5) is 0 Å². The zero-order chi connectivity index (χ0) is 8.39. The van der Waals surface area contributed by atoms with Crippen molar-refractivity contribution in [2.45, 2.75) is 6.04 Å². The highest BCUT2D eigenvalue weighted by Crippen LogP contribution is 2.20. The van der Waals surface area contributed by atoms with Gasteiger partial charge in [0.2, 0.25) is 0 Å². The first-order valence-electron chi connectivity index (χ1n) is 3.88. The highest BCUT2D eigenvalue weighted by molar-refractivity contribution is 5.85. The van der Waals surface area contributed by atoms with Crippen molar-refractivity contribution >= 4 is 24.8 Å². The van der Waals surface area contributed by atoms with Crippen LogP contribution in [0.25, 0.3) is 6.08 Å². The second-order valence-electron chi connectivity index (χ2n) is 2.74. The first kappa shape index (κ1) is 9.81. The summed E-state index contributed by atoms with van der Waals surface area (Å²) in [6.45, 7) is 0. The van der Waals surface area contributed by atoms with Crippen LogP contribution in [-0.2, 0) is 4.79 Å². The van der Waals surface area contributed by atoms with Crippen LogP contribution in [0.1, 0.15) is 17.2 Å². The fraction of sp³-hybridized carbons (Fsp3) is 0.100. The molecular weight excluding hydrogens is 186 g/mol. The molecule has 0 fully saturated rings. The van der Waals surface area contributed by atoms with Gasteiger partial charge in [-0.25, -0.2) is 0 Å². The van der Waals surface area contributed by atoms with Gasteiger partial charge in [0.25, 0.3) is 0 Å². The summed E-state index contributed by atoms with van der Waals surface area (Å²) in [5.41, 5.74) is 2.17. The zero-order valence-electron chi connectivity index (χ0n) is 6.94. The van der Waals surface area contributed by atoms with Crippen molar-refractivity contribution < 1.29 is 4.79 Å². The Bertz CT molecular complexity index is 335. The van der Waals surface area contributed by atoms with Crippen molar-refractivity contribution in [2.24, 2.45) is 0 Å². The predicted octanol–water partition coefficient (Wildman–Crippen LogP) is 1.92. The number of carbonyl (C=O) groups is 1. The molecule has 0 amide bonds. The maximum absolute atomic E-state index is 10.6. The van der Waals surface area contributed by atoms with Crippen LogP contribution in [-0.4, -0.2) is 6.29 Å². The maximum Gasteiger partial charge on any atom is 0.146 e. The van der Waals surface area contributed by atoms with Crippen LogP contribution >= 0.6 is 12.4 Å². The minimum absolute atomic E-state index is 0. The Morgan fingerprint density at radius 2 is 2.08 bits per heavy atom. The van der Waals surface area contributed by atoms with Crippen LogP contribution < -0.4 is 5.32 Å². The molecule has 0 aromatic heterocycles. The molecule has 2 rings (SSSR count). The lowest BCUT2D eigenvalue weighted by atomic mass is 9.99. The van der Waals surface area contributed by atoms with Gasteiger partial charge < -0.3 is 10.1 Å². The first-order chi connectivity index (χ1) is 5.92. The lowest BCUT2D eigenvalue weighted by Gasteiger charge is -2.17. The maximum atomic E-state index is 10.6. The quantitative estimate of drug-likeness (QED) is 0.694. The lowest BCUT2D eigenvalue weighted by Crippen LogP contribution is -2.20.